The predicted molar refractivity (Wildman–Crippen MR) is 110 cm³/mol. The van der Waals surface area contributed by atoms with Crippen molar-refractivity contribution < 1.29 is 46.1 Å². The second-order valence-corrected chi connectivity index (χ2v) is 9.72. The molecule has 1 saturated carbocycles. The fourth-order valence-electron chi connectivity index (χ4n) is 3.97. The molecule has 3 aliphatic rings. The molecule has 0 bridgehead atoms. The maximum Gasteiger partial charge on any atom is 0.490 e. The Hall–Kier alpha value is -1.93. The van der Waals surface area contributed by atoms with Gasteiger partial charge >= 0.3 is 24.3 Å². The highest BCUT2D eigenvalue weighted by Gasteiger charge is 2.42. The van der Waals surface area contributed by atoms with E-state index in [9.17, 15) is 26.3 Å². The fourth-order valence-corrected chi connectivity index (χ4v) is 4.62. The Kier molecular flexibility index (Phi) is 9.71. The molecule has 194 valence electrons. The molecule has 3 fully saturated rings. The summed E-state index contributed by atoms with van der Waals surface area (Å²) >= 11 is 1.79. The summed E-state index contributed by atoms with van der Waals surface area (Å²) in [5, 5.41) is 17.6. The van der Waals surface area contributed by atoms with Gasteiger partial charge in [0.1, 0.15) is 5.01 Å². The van der Waals surface area contributed by atoms with Crippen molar-refractivity contribution in [3.63, 3.8) is 0 Å². The number of carbonyl (C=O) groups is 2. The first-order valence-corrected chi connectivity index (χ1v) is 11.5. The Balaban J connectivity index is 0.000000244. The van der Waals surface area contributed by atoms with Gasteiger partial charge in [0.25, 0.3) is 0 Å². The highest BCUT2D eigenvalue weighted by molar-refractivity contribution is 7.09. The van der Waals surface area contributed by atoms with E-state index in [4.69, 9.17) is 19.8 Å². The van der Waals surface area contributed by atoms with Gasteiger partial charge in [-0.15, -0.1) is 11.3 Å². The minimum Gasteiger partial charge on any atom is -0.475 e. The highest BCUT2D eigenvalue weighted by Crippen LogP contribution is 2.42. The van der Waals surface area contributed by atoms with Gasteiger partial charge < -0.3 is 15.1 Å². The van der Waals surface area contributed by atoms with E-state index in [1.165, 1.54) is 69.8 Å². The lowest BCUT2D eigenvalue weighted by Crippen LogP contribution is -2.41. The Morgan fingerprint density at radius 3 is 1.82 bits per heavy atom. The van der Waals surface area contributed by atoms with Crippen molar-refractivity contribution in [3.8, 4) is 0 Å². The second-order valence-electron chi connectivity index (χ2n) is 8.74. The van der Waals surface area contributed by atoms with Crippen molar-refractivity contribution in [3.05, 3.63) is 16.6 Å². The molecular weight excluding hydrogens is 492 g/mol. The number of halogens is 6. The van der Waals surface area contributed by atoms with Crippen LogP contribution in [0, 0.1) is 11.3 Å². The number of carboxylic acid groups (broad SMARTS) is 2. The first-order chi connectivity index (χ1) is 15.7. The lowest BCUT2D eigenvalue weighted by atomic mass is 9.78. The molecule has 1 aliphatic carbocycles. The molecule has 3 heterocycles. The molecule has 0 aromatic carbocycles. The van der Waals surface area contributed by atoms with Gasteiger partial charge in [0.15, 0.2) is 0 Å². The number of nitrogens with zero attached hydrogens (tertiary/aromatic N) is 3. The molecule has 14 heteroatoms. The zero-order valence-electron chi connectivity index (χ0n) is 18.2. The van der Waals surface area contributed by atoms with Gasteiger partial charge in [0.05, 0.1) is 6.54 Å². The van der Waals surface area contributed by atoms with Crippen molar-refractivity contribution in [1.82, 2.24) is 14.8 Å². The average Bonchev–Trinajstić information content (AvgIpc) is 3.23. The summed E-state index contributed by atoms with van der Waals surface area (Å²) in [4.78, 5) is 27.6. The van der Waals surface area contributed by atoms with Crippen molar-refractivity contribution in [2.24, 2.45) is 11.3 Å². The van der Waals surface area contributed by atoms with E-state index in [-0.39, 0.29) is 0 Å². The maximum atomic E-state index is 10.6. The molecule has 4 rings (SSSR count). The van der Waals surface area contributed by atoms with Gasteiger partial charge in [-0.2, -0.15) is 26.3 Å². The summed E-state index contributed by atoms with van der Waals surface area (Å²) in [6.07, 6.45) is -1.00. The van der Waals surface area contributed by atoms with Crippen LogP contribution in [0.25, 0.3) is 0 Å². The molecule has 1 aromatic heterocycles. The average molecular weight is 520 g/mol. The van der Waals surface area contributed by atoms with E-state index in [1.807, 2.05) is 6.20 Å². The monoisotopic (exact) mass is 519 g/mol. The summed E-state index contributed by atoms with van der Waals surface area (Å²) in [6, 6.07) is 0. The van der Waals surface area contributed by atoms with Gasteiger partial charge in [-0.05, 0) is 63.1 Å². The summed E-state index contributed by atoms with van der Waals surface area (Å²) in [6.45, 7) is 7.76. The van der Waals surface area contributed by atoms with E-state index < -0.39 is 24.3 Å². The number of thiazole rings is 1. The molecule has 34 heavy (non-hydrogen) atoms. The number of aliphatic carboxylic acids is 2. The van der Waals surface area contributed by atoms with Crippen LogP contribution in [-0.2, 0) is 16.1 Å². The van der Waals surface area contributed by atoms with Crippen molar-refractivity contribution in [2.45, 2.75) is 51.0 Å². The SMILES string of the molecule is O=C(O)C(F)(F)F.O=C(O)C(F)(F)F.c1csc(CN2CCC3(CC2)CCN(CC2CC2)C3)n1. The van der Waals surface area contributed by atoms with E-state index in [1.54, 1.807) is 11.3 Å². The summed E-state index contributed by atoms with van der Waals surface area (Å²) in [5.74, 6) is -4.46. The quantitative estimate of drug-likeness (QED) is 0.579. The van der Waals surface area contributed by atoms with Gasteiger partial charge in [-0.1, -0.05) is 0 Å². The first-order valence-electron chi connectivity index (χ1n) is 10.6. The van der Waals surface area contributed by atoms with Crippen LogP contribution in [0.15, 0.2) is 11.6 Å². The van der Waals surface area contributed by atoms with E-state index in [0.717, 1.165) is 12.5 Å². The minimum atomic E-state index is -5.08. The van der Waals surface area contributed by atoms with E-state index in [2.05, 4.69) is 20.2 Å². The number of piperidine rings is 1. The van der Waals surface area contributed by atoms with Crippen molar-refractivity contribution in [1.29, 1.82) is 0 Å². The molecule has 2 aliphatic heterocycles. The van der Waals surface area contributed by atoms with Crippen LogP contribution in [0.5, 0.6) is 0 Å². The number of hydrogen-bond donors (Lipinski definition) is 2. The van der Waals surface area contributed by atoms with Crippen LogP contribution in [0.2, 0.25) is 0 Å². The second kappa shape index (κ2) is 11.7. The van der Waals surface area contributed by atoms with Crippen LogP contribution in [0.3, 0.4) is 0 Å². The third-order valence-electron chi connectivity index (χ3n) is 5.97. The van der Waals surface area contributed by atoms with Gasteiger partial charge in [0.2, 0.25) is 0 Å². The Labute approximate surface area is 196 Å². The number of hydrogen-bond acceptors (Lipinski definition) is 6. The smallest absolute Gasteiger partial charge is 0.475 e. The van der Waals surface area contributed by atoms with Gasteiger partial charge in [0, 0.05) is 24.7 Å². The topological polar surface area (TPSA) is 94.0 Å². The highest BCUT2D eigenvalue weighted by atomic mass is 32.1. The number of rotatable bonds is 4. The number of alkyl halides is 6. The molecule has 2 N–H and O–H groups in total. The Bertz CT molecular complexity index is 767. The number of likely N-dealkylation sites (tertiary alicyclic amines) is 2. The molecule has 7 nitrogen and oxygen atoms in total. The normalized spacial score (nSPS) is 20.8. The van der Waals surface area contributed by atoms with Crippen molar-refractivity contribution >= 4 is 23.3 Å². The summed E-state index contributed by atoms with van der Waals surface area (Å²) in [5.41, 5.74) is 0.661. The Morgan fingerprint density at radius 1 is 0.971 bits per heavy atom. The van der Waals surface area contributed by atoms with E-state index >= 15 is 0 Å². The molecule has 1 aromatic rings. The lowest BCUT2D eigenvalue weighted by Gasteiger charge is -2.39. The zero-order chi connectivity index (χ0) is 25.6. The van der Waals surface area contributed by atoms with Gasteiger partial charge in [-0.3, -0.25) is 4.90 Å². The molecular formula is C20H27F6N3O4S. The van der Waals surface area contributed by atoms with Gasteiger partial charge in [-0.25, -0.2) is 14.6 Å². The molecule has 1 spiro atoms. The van der Waals surface area contributed by atoms with Crippen molar-refractivity contribution in [2.75, 3.05) is 32.7 Å². The van der Waals surface area contributed by atoms with Crippen LogP contribution in [0.1, 0.15) is 37.1 Å². The van der Waals surface area contributed by atoms with Crippen LogP contribution >= 0.6 is 11.3 Å². The standard InChI is InChI=1S/C16H25N3S.2C2HF3O2/c1-2-14(1)11-19-9-5-16(13-19)3-7-18(8-4-16)12-15-17-6-10-20-15;2*3-2(4,5)1(6)7/h6,10,14H,1-5,7-9,11-13H2;2*(H,6,7). The predicted octanol–water partition coefficient (Wildman–Crippen LogP) is 4.11. The van der Waals surface area contributed by atoms with Crippen LogP contribution in [-0.4, -0.2) is 82.0 Å². The third kappa shape index (κ3) is 9.74. The molecule has 0 unspecified atom stereocenters. The van der Waals surface area contributed by atoms with Crippen LogP contribution < -0.4 is 0 Å². The summed E-state index contributed by atoms with van der Waals surface area (Å²) in [7, 11) is 0. The Morgan fingerprint density at radius 2 is 1.44 bits per heavy atom. The molecule has 0 amide bonds. The van der Waals surface area contributed by atoms with E-state index in [0.29, 0.717) is 5.41 Å². The third-order valence-corrected chi connectivity index (χ3v) is 6.74. The number of aromatic nitrogens is 1. The number of carboxylic acids is 2. The maximum absolute atomic E-state index is 10.6. The minimum absolute atomic E-state index is 0.661. The van der Waals surface area contributed by atoms with Crippen LogP contribution in [0.4, 0.5) is 26.3 Å². The molecule has 2 saturated heterocycles. The fraction of sp³-hybridized carbons (Fsp3) is 0.750. The first kappa shape index (κ1) is 28.3. The zero-order valence-corrected chi connectivity index (χ0v) is 19.1. The largest absolute Gasteiger partial charge is 0.490 e. The summed E-state index contributed by atoms with van der Waals surface area (Å²) < 4.78 is 63.5. The molecule has 0 atom stereocenters. The molecule has 0 radical (unpaired) electrons. The lowest BCUT2D eigenvalue weighted by molar-refractivity contribution is -0.193.